The number of nitrogens with zero attached hydrogens (tertiary/aromatic N) is 2. The summed E-state index contributed by atoms with van der Waals surface area (Å²) in [6.07, 6.45) is 1.75. The average Bonchev–Trinajstić information content (AvgIpc) is 2.86. The van der Waals surface area contributed by atoms with E-state index in [1.54, 1.807) is 32.9 Å². The molecule has 0 aliphatic rings. The number of ether oxygens (including phenoxy) is 1. The molecule has 0 aliphatic heterocycles. The fourth-order valence-corrected chi connectivity index (χ4v) is 2.04. The van der Waals surface area contributed by atoms with E-state index in [9.17, 15) is 14.7 Å². The molecule has 1 amide bonds. The first-order valence-electron chi connectivity index (χ1n) is 6.93. The van der Waals surface area contributed by atoms with Gasteiger partial charge in [0.1, 0.15) is 6.61 Å². The maximum atomic E-state index is 11.9. The Morgan fingerprint density at radius 3 is 2.64 bits per heavy atom. The van der Waals surface area contributed by atoms with Gasteiger partial charge in [-0.2, -0.15) is 5.10 Å². The standard InChI is InChI=1S/C15H19N3O4/c1-4-11(19)9-7-17-18-10(9)5-6-12(13(18)14(16)20)22-8-15(2,3)21/h5-7,21H,4,8H2,1-3H3,(H2,16,20). The van der Waals surface area contributed by atoms with Gasteiger partial charge in [0.2, 0.25) is 0 Å². The molecule has 0 atom stereocenters. The van der Waals surface area contributed by atoms with Crippen LogP contribution in [-0.2, 0) is 0 Å². The van der Waals surface area contributed by atoms with Crippen LogP contribution >= 0.6 is 0 Å². The largest absolute Gasteiger partial charge is 0.488 e. The molecule has 0 saturated carbocycles. The number of primary amides is 1. The highest BCUT2D eigenvalue weighted by Gasteiger charge is 2.21. The van der Waals surface area contributed by atoms with Crippen molar-refractivity contribution in [2.45, 2.75) is 32.8 Å². The molecule has 0 bridgehead atoms. The molecular weight excluding hydrogens is 286 g/mol. The summed E-state index contributed by atoms with van der Waals surface area (Å²) in [6, 6.07) is 3.19. The Morgan fingerprint density at radius 1 is 1.41 bits per heavy atom. The summed E-state index contributed by atoms with van der Waals surface area (Å²) in [5.41, 5.74) is 5.32. The van der Waals surface area contributed by atoms with Gasteiger partial charge >= 0.3 is 0 Å². The fraction of sp³-hybridized carbons (Fsp3) is 0.400. The Balaban J connectivity index is 2.54. The second-order valence-electron chi connectivity index (χ2n) is 5.64. The van der Waals surface area contributed by atoms with Crippen LogP contribution in [0.1, 0.15) is 48.0 Å². The SMILES string of the molecule is CCC(=O)c1cnn2c(C(N)=O)c(OCC(C)(C)O)ccc12. The fourth-order valence-electron chi connectivity index (χ4n) is 2.04. The van der Waals surface area contributed by atoms with Crippen molar-refractivity contribution < 1.29 is 19.4 Å². The molecule has 0 aromatic carbocycles. The van der Waals surface area contributed by atoms with Gasteiger partial charge in [-0.15, -0.1) is 0 Å². The predicted octanol–water partition coefficient (Wildman–Crippen LogP) is 1.18. The molecular formula is C15H19N3O4. The van der Waals surface area contributed by atoms with Crippen LogP contribution in [0.25, 0.3) is 5.52 Å². The van der Waals surface area contributed by atoms with Crippen molar-refractivity contribution in [2.24, 2.45) is 5.73 Å². The number of fused-ring (bicyclic) bond motifs is 1. The summed E-state index contributed by atoms with van der Waals surface area (Å²) in [5.74, 6) is -0.591. The summed E-state index contributed by atoms with van der Waals surface area (Å²) in [7, 11) is 0. The van der Waals surface area contributed by atoms with Crippen LogP contribution in [0.4, 0.5) is 0 Å². The van der Waals surface area contributed by atoms with Gasteiger partial charge in [0, 0.05) is 6.42 Å². The summed E-state index contributed by atoms with van der Waals surface area (Å²) < 4.78 is 6.77. The highest BCUT2D eigenvalue weighted by molar-refractivity contribution is 6.03. The zero-order valence-corrected chi connectivity index (χ0v) is 12.8. The number of nitrogens with two attached hydrogens (primary N) is 1. The Labute approximate surface area is 127 Å². The van der Waals surface area contributed by atoms with E-state index in [1.807, 2.05) is 0 Å². The smallest absolute Gasteiger partial charge is 0.271 e. The number of carbonyl (C=O) groups is 2. The first kappa shape index (κ1) is 16.0. The molecule has 2 rings (SSSR count). The maximum Gasteiger partial charge on any atom is 0.271 e. The highest BCUT2D eigenvalue weighted by atomic mass is 16.5. The van der Waals surface area contributed by atoms with Gasteiger partial charge in [-0.1, -0.05) is 6.92 Å². The van der Waals surface area contributed by atoms with Crippen molar-refractivity contribution in [1.29, 1.82) is 0 Å². The second kappa shape index (κ2) is 5.76. The number of Topliss-reactive ketones (excluding diaryl/α,β-unsaturated/α-hetero) is 1. The topological polar surface area (TPSA) is 107 Å². The Kier molecular flexibility index (Phi) is 4.18. The van der Waals surface area contributed by atoms with Crippen LogP contribution in [0.5, 0.6) is 5.75 Å². The van der Waals surface area contributed by atoms with E-state index in [4.69, 9.17) is 10.5 Å². The van der Waals surface area contributed by atoms with E-state index in [2.05, 4.69) is 5.10 Å². The average molecular weight is 305 g/mol. The number of aromatic nitrogens is 2. The molecule has 0 saturated heterocycles. The molecule has 2 aromatic rings. The quantitative estimate of drug-likeness (QED) is 0.779. The molecule has 0 spiro atoms. The minimum Gasteiger partial charge on any atom is -0.488 e. The third-order valence-electron chi connectivity index (χ3n) is 3.08. The van der Waals surface area contributed by atoms with Gasteiger partial charge in [0.25, 0.3) is 5.91 Å². The number of ketones is 1. The van der Waals surface area contributed by atoms with E-state index in [1.165, 1.54) is 10.7 Å². The van der Waals surface area contributed by atoms with Crippen LogP contribution in [0, 0.1) is 0 Å². The molecule has 2 aromatic heterocycles. The third kappa shape index (κ3) is 3.09. The number of rotatable bonds is 6. The lowest BCUT2D eigenvalue weighted by atomic mass is 10.1. The summed E-state index contributed by atoms with van der Waals surface area (Å²) in [6.45, 7) is 4.91. The van der Waals surface area contributed by atoms with Crippen LogP contribution in [-0.4, -0.2) is 38.6 Å². The summed E-state index contributed by atoms with van der Waals surface area (Å²) in [4.78, 5) is 23.6. The first-order valence-corrected chi connectivity index (χ1v) is 6.93. The lowest BCUT2D eigenvalue weighted by Crippen LogP contribution is -2.29. The van der Waals surface area contributed by atoms with Gasteiger partial charge in [-0.25, -0.2) is 4.52 Å². The zero-order chi connectivity index (χ0) is 16.5. The minimum absolute atomic E-state index is 0.0131. The van der Waals surface area contributed by atoms with Gasteiger partial charge in [-0.05, 0) is 26.0 Å². The number of carbonyl (C=O) groups excluding carboxylic acids is 2. The highest BCUT2D eigenvalue weighted by Crippen LogP contribution is 2.24. The van der Waals surface area contributed by atoms with E-state index < -0.39 is 11.5 Å². The van der Waals surface area contributed by atoms with Gasteiger partial charge in [0.15, 0.2) is 17.2 Å². The number of pyridine rings is 1. The van der Waals surface area contributed by atoms with E-state index >= 15 is 0 Å². The Hall–Kier alpha value is -2.41. The Bertz CT molecular complexity index is 728. The second-order valence-corrected chi connectivity index (χ2v) is 5.64. The maximum absolute atomic E-state index is 11.9. The molecule has 3 N–H and O–H groups in total. The monoisotopic (exact) mass is 305 g/mol. The summed E-state index contributed by atoms with van der Waals surface area (Å²) in [5, 5.41) is 13.8. The molecule has 7 heteroatoms. The van der Waals surface area contributed by atoms with Gasteiger partial charge in [0.05, 0.1) is 22.9 Å². The van der Waals surface area contributed by atoms with Crippen molar-refractivity contribution in [3.05, 3.63) is 29.6 Å². The van der Waals surface area contributed by atoms with Crippen LogP contribution in [0.2, 0.25) is 0 Å². The lowest BCUT2D eigenvalue weighted by molar-refractivity contribution is 0.0278. The van der Waals surface area contributed by atoms with Crippen LogP contribution in [0.15, 0.2) is 18.3 Å². The van der Waals surface area contributed by atoms with E-state index in [-0.39, 0.29) is 23.8 Å². The minimum atomic E-state index is -1.06. The number of hydrogen-bond acceptors (Lipinski definition) is 5. The van der Waals surface area contributed by atoms with Crippen molar-refractivity contribution in [1.82, 2.24) is 9.61 Å². The predicted molar refractivity (Wildman–Crippen MR) is 80.1 cm³/mol. The first-order chi connectivity index (χ1) is 10.2. The number of aliphatic hydroxyl groups is 1. The Morgan fingerprint density at radius 2 is 2.09 bits per heavy atom. The van der Waals surface area contributed by atoms with Gasteiger partial charge < -0.3 is 15.6 Å². The van der Waals surface area contributed by atoms with Crippen molar-refractivity contribution >= 4 is 17.2 Å². The van der Waals surface area contributed by atoms with E-state index in [0.29, 0.717) is 17.5 Å². The van der Waals surface area contributed by atoms with Gasteiger partial charge in [-0.3, -0.25) is 9.59 Å². The number of amides is 1. The third-order valence-corrected chi connectivity index (χ3v) is 3.08. The molecule has 0 aliphatic carbocycles. The van der Waals surface area contributed by atoms with Crippen LogP contribution in [0.3, 0.4) is 0 Å². The summed E-state index contributed by atoms with van der Waals surface area (Å²) >= 11 is 0. The van der Waals surface area contributed by atoms with Crippen molar-refractivity contribution in [3.8, 4) is 5.75 Å². The van der Waals surface area contributed by atoms with Crippen molar-refractivity contribution in [2.75, 3.05) is 6.61 Å². The molecule has 0 fully saturated rings. The number of hydrogen-bond donors (Lipinski definition) is 2. The van der Waals surface area contributed by atoms with Crippen LogP contribution < -0.4 is 10.5 Å². The normalized spacial score (nSPS) is 11.6. The molecule has 22 heavy (non-hydrogen) atoms. The van der Waals surface area contributed by atoms with Crippen molar-refractivity contribution in [3.63, 3.8) is 0 Å². The molecule has 7 nitrogen and oxygen atoms in total. The molecule has 0 unspecified atom stereocenters. The lowest BCUT2D eigenvalue weighted by Gasteiger charge is -2.19. The molecule has 2 heterocycles. The van der Waals surface area contributed by atoms with E-state index in [0.717, 1.165) is 0 Å². The zero-order valence-electron chi connectivity index (χ0n) is 12.8. The molecule has 0 radical (unpaired) electrons. The molecule has 118 valence electrons.